The molecule has 0 aliphatic heterocycles. The van der Waals surface area contributed by atoms with Crippen molar-refractivity contribution in [1.82, 2.24) is 15.3 Å². The summed E-state index contributed by atoms with van der Waals surface area (Å²) in [6.07, 6.45) is 0. The summed E-state index contributed by atoms with van der Waals surface area (Å²) in [5.74, 6) is -2.42. The molecule has 0 radical (unpaired) electrons. The molecular formula is C28H22F2N4O3S. The van der Waals surface area contributed by atoms with Crippen LogP contribution in [0, 0.1) is 18.6 Å². The van der Waals surface area contributed by atoms with Crippen LogP contribution in [-0.4, -0.2) is 24.3 Å². The number of fused-ring (bicyclic) bond motifs is 1. The number of nitrogens with one attached hydrogen (secondary N) is 3. The molecular weight excluding hydrogens is 510 g/mol. The summed E-state index contributed by atoms with van der Waals surface area (Å²) in [4.78, 5) is 19.1. The number of aryl methyl sites for hydroxylation is 1. The Kier molecular flexibility index (Phi) is 6.64. The molecule has 5 rings (SSSR count). The van der Waals surface area contributed by atoms with Gasteiger partial charge in [0.1, 0.15) is 16.5 Å². The van der Waals surface area contributed by atoms with E-state index in [1.807, 2.05) is 37.3 Å². The van der Waals surface area contributed by atoms with E-state index in [0.29, 0.717) is 29.2 Å². The van der Waals surface area contributed by atoms with Crippen LogP contribution in [0.3, 0.4) is 0 Å². The number of anilines is 1. The first-order chi connectivity index (χ1) is 18.2. The molecule has 1 amide bonds. The van der Waals surface area contributed by atoms with E-state index in [1.54, 1.807) is 36.4 Å². The smallest absolute Gasteiger partial charge is 0.267 e. The first-order valence-corrected chi connectivity index (χ1v) is 13.1. The first kappa shape index (κ1) is 25.1. The molecule has 0 saturated heterocycles. The van der Waals surface area contributed by atoms with Crippen LogP contribution in [0.4, 0.5) is 14.7 Å². The van der Waals surface area contributed by atoms with Crippen molar-refractivity contribution < 1.29 is 22.0 Å². The van der Waals surface area contributed by atoms with Crippen molar-refractivity contribution in [2.45, 2.75) is 18.4 Å². The second kappa shape index (κ2) is 10.1. The number of rotatable bonds is 7. The van der Waals surface area contributed by atoms with Gasteiger partial charge in [-0.25, -0.2) is 26.9 Å². The van der Waals surface area contributed by atoms with Gasteiger partial charge in [0.2, 0.25) is 5.95 Å². The monoisotopic (exact) mass is 532 g/mol. The van der Waals surface area contributed by atoms with E-state index >= 15 is 0 Å². The lowest BCUT2D eigenvalue weighted by atomic mass is 10.0. The molecule has 5 aromatic rings. The topological polar surface area (TPSA) is 104 Å². The lowest BCUT2D eigenvalue weighted by Gasteiger charge is -2.08. The highest BCUT2D eigenvalue weighted by atomic mass is 32.2. The number of hydrogen-bond acceptors (Lipinski definition) is 4. The predicted octanol–water partition coefficient (Wildman–Crippen LogP) is 5.55. The van der Waals surface area contributed by atoms with Crippen LogP contribution in [0.5, 0.6) is 0 Å². The molecule has 10 heteroatoms. The van der Waals surface area contributed by atoms with Crippen LogP contribution in [0.25, 0.3) is 22.2 Å². The highest BCUT2D eigenvalue weighted by molar-refractivity contribution is 7.92. The van der Waals surface area contributed by atoms with Gasteiger partial charge in [-0.3, -0.25) is 4.79 Å². The van der Waals surface area contributed by atoms with Gasteiger partial charge < -0.3 is 10.3 Å². The minimum Gasteiger partial charge on any atom is -0.348 e. The molecule has 0 fully saturated rings. The van der Waals surface area contributed by atoms with Gasteiger partial charge in [-0.2, -0.15) is 0 Å². The Bertz CT molecular complexity index is 1770. The Balaban J connectivity index is 1.34. The largest absolute Gasteiger partial charge is 0.348 e. The summed E-state index contributed by atoms with van der Waals surface area (Å²) >= 11 is 0. The number of benzene rings is 4. The van der Waals surface area contributed by atoms with Crippen molar-refractivity contribution in [3.05, 3.63) is 113 Å². The van der Waals surface area contributed by atoms with Gasteiger partial charge in [-0.15, -0.1) is 0 Å². The molecule has 1 heterocycles. The molecule has 3 N–H and O–H groups in total. The van der Waals surface area contributed by atoms with Crippen LogP contribution >= 0.6 is 0 Å². The summed E-state index contributed by atoms with van der Waals surface area (Å²) in [5.41, 5.74) is 5.18. The second-order valence-corrected chi connectivity index (χ2v) is 10.4. The molecule has 38 heavy (non-hydrogen) atoms. The number of aromatic amines is 1. The Morgan fingerprint density at radius 2 is 1.68 bits per heavy atom. The number of H-pyrrole nitrogens is 1. The average molecular weight is 533 g/mol. The minimum atomic E-state index is -4.34. The zero-order valence-electron chi connectivity index (χ0n) is 20.1. The number of halogens is 2. The summed E-state index contributed by atoms with van der Waals surface area (Å²) < 4.78 is 54.6. The third kappa shape index (κ3) is 5.40. The number of amides is 1. The van der Waals surface area contributed by atoms with Gasteiger partial charge in [0.05, 0.1) is 11.0 Å². The fourth-order valence-electron chi connectivity index (χ4n) is 3.94. The van der Waals surface area contributed by atoms with Crippen molar-refractivity contribution in [3.8, 4) is 11.1 Å². The average Bonchev–Trinajstić information content (AvgIpc) is 3.28. The third-order valence-electron chi connectivity index (χ3n) is 5.93. The van der Waals surface area contributed by atoms with Crippen molar-refractivity contribution in [2.24, 2.45) is 0 Å². The van der Waals surface area contributed by atoms with E-state index in [-0.39, 0.29) is 11.9 Å². The fraction of sp³-hybridized carbons (Fsp3) is 0.0714. The van der Waals surface area contributed by atoms with Gasteiger partial charge in [0.15, 0.2) is 0 Å². The van der Waals surface area contributed by atoms with E-state index in [0.717, 1.165) is 34.4 Å². The van der Waals surface area contributed by atoms with E-state index in [9.17, 15) is 22.0 Å². The SMILES string of the molecule is Cc1ccc(CNC(=O)c2cccc(-c3ccc4nc(NS(=O)(=O)c5ccc(F)cc5F)[nH]c4c3)c2)cc1. The number of aromatic nitrogens is 2. The maximum absolute atomic E-state index is 14.0. The number of sulfonamides is 1. The number of hydrogen-bond donors (Lipinski definition) is 3. The van der Waals surface area contributed by atoms with Gasteiger partial charge >= 0.3 is 0 Å². The van der Waals surface area contributed by atoms with Crippen LogP contribution in [-0.2, 0) is 16.6 Å². The minimum absolute atomic E-state index is 0.120. The summed E-state index contributed by atoms with van der Waals surface area (Å²) in [6.45, 7) is 2.41. The fourth-order valence-corrected chi connectivity index (χ4v) is 4.97. The highest BCUT2D eigenvalue weighted by Crippen LogP contribution is 2.26. The second-order valence-electron chi connectivity index (χ2n) is 8.75. The summed E-state index contributed by atoms with van der Waals surface area (Å²) in [6, 6.07) is 22.5. The van der Waals surface area contributed by atoms with Gasteiger partial charge in [0.25, 0.3) is 15.9 Å². The molecule has 0 unspecified atom stereocenters. The summed E-state index contributed by atoms with van der Waals surface area (Å²) in [5, 5.41) is 2.92. The molecule has 1 aromatic heterocycles. The molecule has 0 aliphatic carbocycles. The van der Waals surface area contributed by atoms with E-state index in [4.69, 9.17) is 0 Å². The van der Waals surface area contributed by atoms with Crippen molar-refractivity contribution >= 4 is 32.9 Å². The molecule has 0 aliphatic rings. The zero-order valence-corrected chi connectivity index (χ0v) is 20.9. The van der Waals surface area contributed by atoms with Crippen LogP contribution in [0.2, 0.25) is 0 Å². The Morgan fingerprint density at radius 1 is 0.921 bits per heavy atom. The Morgan fingerprint density at radius 3 is 2.45 bits per heavy atom. The van der Waals surface area contributed by atoms with E-state index in [1.165, 1.54) is 0 Å². The quantitative estimate of drug-likeness (QED) is 0.256. The van der Waals surface area contributed by atoms with Gasteiger partial charge in [-0.05, 0) is 60.0 Å². The van der Waals surface area contributed by atoms with Gasteiger partial charge in [0, 0.05) is 18.2 Å². The highest BCUT2D eigenvalue weighted by Gasteiger charge is 2.21. The van der Waals surface area contributed by atoms with Crippen LogP contribution in [0.1, 0.15) is 21.5 Å². The maximum Gasteiger partial charge on any atom is 0.267 e. The summed E-state index contributed by atoms with van der Waals surface area (Å²) in [7, 11) is -4.34. The van der Waals surface area contributed by atoms with Crippen molar-refractivity contribution in [2.75, 3.05) is 4.72 Å². The number of nitrogens with zero attached hydrogens (tertiary/aromatic N) is 1. The molecule has 0 spiro atoms. The van der Waals surface area contributed by atoms with Crippen LogP contribution in [0.15, 0.2) is 89.8 Å². The van der Waals surface area contributed by atoms with Crippen molar-refractivity contribution in [1.29, 1.82) is 0 Å². The maximum atomic E-state index is 14.0. The molecule has 7 nitrogen and oxygen atoms in total. The molecule has 0 saturated carbocycles. The van der Waals surface area contributed by atoms with E-state index < -0.39 is 26.6 Å². The lowest BCUT2D eigenvalue weighted by Crippen LogP contribution is -2.22. The number of carbonyl (C=O) groups is 1. The van der Waals surface area contributed by atoms with E-state index in [2.05, 4.69) is 20.0 Å². The predicted molar refractivity (Wildman–Crippen MR) is 141 cm³/mol. The first-order valence-electron chi connectivity index (χ1n) is 11.6. The van der Waals surface area contributed by atoms with Crippen molar-refractivity contribution in [3.63, 3.8) is 0 Å². The number of carbonyl (C=O) groups excluding carboxylic acids is 1. The molecule has 192 valence electrons. The third-order valence-corrected chi connectivity index (χ3v) is 7.30. The van der Waals surface area contributed by atoms with Gasteiger partial charge in [-0.1, -0.05) is 48.0 Å². The number of imidazole rings is 1. The normalized spacial score (nSPS) is 11.4. The molecule has 0 atom stereocenters. The Labute approximate surface area is 217 Å². The zero-order chi connectivity index (χ0) is 26.9. The van der Waals surface area contributed by atoms with Crippen LogP contribution < -0.4 is 10.0 Å². The molecule has 0 bridgehead atoms. The molecule has 4 aromatic carbocycles. The lowest BCUT2D eigenvalue weighted by molar-refractivity contribution is 0.0951. The standard InChI is InChI=1S/C28H22F2N4O3S/c1-17-5-7-18(8-6-17)16-31-27(35)21-4-2-3-19(13-21)20-9-11-24-25(14-20)33-28(32-24)34-38(36,37)26-12-10-22(29)15-23(26)30/h2-15H,16H2,1H3,(H,31,35)(H2,32,33,34). The Hall–Kier alpha value is -4.57.